The lowest BCUT2D eigenvalue weighted by molar-refractivity contribution is 0.211. The van der Waals surface area contributed by atoms with E-state index in [-0.39, 0.29) is 0 Å². The van der Waals surface area contributed by atoms with Gasteiger partial charge in [-0.1, -0.05) is 26.0 Å². The largest absolute Gasteiger partial charge is 0.378 e. The Hall–Kier alpha value is -0.710. The van der Waals surface area contributed by atoms with Crippen molar-refractivity contribution < 1.29 is 0 Å². The molecular formula is C17H29N3S. The Morgan fingerprint density at radius 1 is 1.24 bits per heavy atom. The normalized spacial score (nSPS) is 20.8. The first-order chi connectivity index (χ1) is 9.93. The van der Waals surface area contributed by atoms with Crippen LogP contribution in [0.1, 0.15) is 31.9 Å². The number of anilines is 1. The molecule has 2 rings (SSSR count). The van der Waals surface area contributed by atoms with Crippen LogP contribution < -0.4 is 10.6 Å². The Morgan fingerprint density at radius 2 is 1.90 bits per heavy atom. The highest BCUT2D eigenvalue weighted by Crippen LogP contribution is 2.33. The zero-order chi connectivity index (χ0) is 15.5. The SMILES string of the molecule is CN(C)c1ccc(C(CN)N2CCSC(C)(C)CC2)cc1. The quantitative estimate of drug-likeness (QED) is 0.927. The number of hydrogen-bond donors (Lipinski definition) is 1. The second-order valence-corrected chi connectivity index (χ2v) is 8.43. The third-order valence-electron chi connectivity index (χ3n) is 4.33. The van der Waals surface area contributed by atoms with Crippen molar-refractivity contribution >= 4 is 17.4 Å². The fourth-order valence-corrected chi connectivity index (χ4v) is 3.95. The third-order valence-corrected chi connectivity index (χ3v) is 5.70. The predicted octanol–water partition coefficient (Wildman–Crippen LogP) is 2.97. The van der Waals surface area contributed by atoms with Crippen molar-refractivity contribution in [1.29, 1.82) is 0 Å². The number of nitrogens with zero attached hydrogens (tertiary/aromatic N) is 2. The van der Waals surface area contributed by atoms with Gasteiger partial charge in [-0.15, -0.1) is 0 Å². The van der Waals surface area contributed by atoms with Gasteiger partial charge in [0.05, 0.1) is 0 Å². The van der Waals surface area contributed by atoms with Crippen molar-refractivity contribution in [2.24, 2.45) is 5.73 Å². The van der Waals surface area contributed by atoms with E-state index in [0.717, 1.165) is 13.1 Å². The summed E-state index contributed by atoms with van der Waals surface area (Å²) in [5, 5.41) is 0. The average molecular weight is 308 g/mol. The fourth-order valence-electron chi connectivity index (χ4n) is 2.84. The molecule has 0 aromatic heterocycles. The summed E-state index contributed by atoms with van der Waals surface area (Å²) in [6.07, 6.45) is 1.23. The van der Waals surface area contributed by atoms with E-state index in [2.05, 4.69) is 73.8 Å². The summed E-state index contributed by atoms with van der Waals surface area (Å²) in [5.41, 5.74) is 8.67. The summed E-state index contributed by atoms with van der Waals surface area (Å²) in [7, 11) is 4.15. The number of rotatable bonds is 4. The van der Waals surface area contributed by atoms with Crippen LogP contribution in [0.4, 0.5) is 5.69 Å². The smallest absolute Gasteiger partial charge is 0.0470 e. The summed E-state index contributed by atoms with van der Waals surface area (Å²) >= 11 is 2.09. The van der Waals surface area contributed by atoms with Crippen molar-refractivity contribution in [3.05, 3.63) is 29.8 Å². The van der Waals surface area contributed by atoms with Crippen molar-refractivity contribution in [2.75, 3.05) is 44.4 Å². The molecule has 1 unspecified atom stereocenters. The molecule has 1 aromatic rings. The molecule has 0 saturated carbocycles. The molecule has 21 heavy (non-hydrogen) atoms. The van der Waals surface area contributed by atoms with E-state index in [1.807, 2.05) is 0 Å². The number of thioether (sulfide) groups is 1. The molecule has 3 nitrogen and oxygen atoms in total. The molecule has 2 N–H and O–H groups in total. The van der Waals surface area contributed by atoms with Crippen molar-refractivity contribution in [3.8, 4) is 0 Å². The van der Waals surface area contributed by atoms with Gasteiger partial charge in [0.25, 0.3) is 0 Å². The molecule has 1 aliphatic rings. The van der Waals surface area contributed by atoms with E-state index in [4.69, 9.17) is 5.73 Å². The Kier molecular flexibility index (Phi) is 5.58. The van der Waals surface area contributed by atoms with Crippen LogP contribution in [-0.4, -0.2) is 49.1 Å². The van der Waals surface area contributed by atoms with Gasteiger partial charge in [0.2, 0.25) is 0 Å². The summed E-state index contributed by atoms with van der Waals surface area (Å²) in [4.78, 5) is 4.69. The maximum Gasteiger partial charge on any atom is 0.0470 e. The van der Waals surface area contributed by atoms with Gasteiger partial charge in [0.15, 0.2) is 0 Å². The van der Waals surface area contributed by atoms with Crippen molar-refractivity contribution in [2.45, 2.75) is 31.1 Å². The highest BCUT2D eigenvalue weighted by molar-refractivity contribution is 8.00. The minimum Gasteiger partial charge on any atom is -0.378 e. The van der Waals surface area contributed by atoms with Gasteiger partial charge < -0.3 is 10.6 Å². The van der Waals surface area contributed by atoms with Crippen LogP contribution in [0.15, 0.2) is 24.3 Å². The van der Waals surface area contributed by atoms with Gasteiger partial charge in [-0.25, -0.2) is 0 Å². The molecule has 1 fully saturated rings. The second kappa shape index (κ2) is 7.03. The molecule has 118 valence electrons. The van der Waals surface area contributed by atoms with Gasteiger partial charge in [-0.2, -0.15) is 11.8 Å². The Morgan fingerprint density at radius 3 is 2.48 bits per heavy atom. The first-order valence-electron chi connectivity index (χ1n) is 7.78. The predicted molar refractivity (Wildman–Crippen MR) is 95.3 cm³/mol. The van der Waals surface area contributed by atoms with E-state index in [1.54, 1.807) is 0 Å². The summed E-state index contributed by atoms with van der Waals surface area (Å²) < 4.78 is 0.392. The van der Waals surface area contributed by atoms with E-state index in [9.17, 15) is 0 Å². The summed E-state index contributed by atoms with van der Waals surface area (Å²) in [6, 6.07) is 9.19. The van der Waals surface area contributed by atoms with Crippen LogP contribution in [0.5, 0.6) is 0 Å². The van der Waals surface area contributed by atoms with E-state index in [0.29, 0.717) is 17.3 Å². The molecule has 0 bridgehead atoms. The second-order valence-electron chi connectivity index (χ2n) is 6.63. The van der Waals surface area contributed by atoms with Crippen LogP contribution in [0, 0.1) is 0 Å². The van der Waals surface area contributed by atoms with Crippen LogP contribution in [0.2, 0.25) is 0 Å². The minimum absolute atomic E-state index is 0.343. The molecule has 0 radical (unpaired) electrons. The van der Waals surface area contributed by atoms with Gasteiger partial charge in [-0.3, -0.25) is 4.90 Å². The number of benzene rings is 1. The van der Waals surface area contributed by atoms with E-state index < -0.39 is 0 Å². The van der Waals surface area contributed by atoms with Crippen LogP contribution in [0.25, 0.3) is 0 Å². The van der Waals surface area contributed by atoms with Gasteiger partial charge >= 0.3 is 0 Å². The van der Waals surface area contributed by atoms with Crippen LogP contribution in [0.3, 0.4) is 0 Å². The van der Waals surface area contributed by atoms with Crippen molar-refractivity contribution in [3.63, 3.8) is 0 Å². The maximum absolute atomic E-state index is 6.09. The first-order valence-corrected chi connectivity index (χ1v) is 8.77. The zero-order valence-corrected chi connectivity index (χ0v) is 14.6. The molecular weight excluding hydrogens is 278 g/mol. The Labute approximate surface area is 133 Å². The molecule has 1 aromatic carbocycles. The van der Waals surface area contributed by atoms with E-state index in [1.165, 1.54) is 23.4 Å². The number of hydrogen-bond acceptors (Lipinski definition) is 4. The van der Waals surface area contributed by atoms with Crippen molar-refractivity contribution in [1.82, 2.24) is 4.90 Å². The highest BCUT2D eigenvalue weighted by Gasteiger charge is 2.27. The summed E-state index contributed by atoms with van der Waals surface area (Å²) in [5.74, 6) is 1.19. The molecule has 4 heteroatoms. The van der Waals surface area contributed by atoms with Crippen LogP contribution in [-0.2, 0) is 0 Å². The Balaban J connectivity index is 2.11. The molecule has 0 aliphatic carbocycles. The summed E-state index contributed by atoms with van der Waals surface area (Å²) in [6.45, 7) is 7.66. The maximum atomic E-state index is 6.09. The third kappa shape index (κ3) is 4.38. The topological polar surface area (TPSA) is 32.5 Å². The molecule has 1 saturated heterocycles. The lowest BCUT2D eigenvalue weighted by Gasteiger charge is -2.30. The fraction of sp³-hybridized carbons (Fsp3) is 0.647. The molecule has 1 atom stereocenters. The van der Waals surface area contributed by atoms with E-state index >= 15 is 0 Å². The molecule has 0 amide bonds. The highest BCUT2D eigenvalue weighted by atomic mass is 32.2. The van der Waals surface area contributed by atoms with Gasteiger partial charge in [-0.05, 0) is 24.1 Å². The van der Waals surface area contributed by atoms with Crippen LogP contribution >= 0.6 is 11.8 Å². The zero-order valence-electron chi connectivity index (χ0n) is 13.8. The lowest BCUT2D eigenvalue weighted by Crippen LogP contribution is -2.35. The lowest BCUT2D eigenvalue weighted by atomic mass is 10.0. The standard InChI is InChI=1S/C17H29N3S/c1-17(2)9-10-20(11-12-21-17)16(13-18)14-5-7-15(8-6-14)19(3)4/h5-8,16H,9-13,18H2,1-4H3. The molecule has 1 heterocycles. The number of nitrogens with two attached hydrogens (primary N) is 1. The van der Waals surface area contributed by atoms with Gasteiger partial charge in [0.1, 0.15) is 0 Å². The minimum atomic E-state index is 0.343. The monoisotopic (exact) mass is 307 g/mol. The molecule has 0 spiro atoms. The first kappa shape index (κ1) is 16.7. The Bertz CT molecular complexity index is 442. The molecule has 1 aliphatic heterocycles. The average Bonchev–Trinajstić information content (AvgIpc) is 2.62. The van der Waals surface area contributed by atoms with Gasteiger partial charge in [0, 0.05) is 56.0 Å².